The Morgan fingerprint density at radius 1 is 1.50 bits per heavy atom. The van der Waals surface area contributed by atoms with Crippen LogP contribution >= 0.6 is 23.1 Å². The van der Waals surface area contributed by atoms with Crippen LogP contribution < -0.4 is 5.32 Å². The van der Waals surface area contributed by atoms with Crippen LogP contribution in [0.15, 0.2) is 24.4 Å². The van der Waals surface area contributed by atoms with Crippen molar-refractivity contribution in [1.82, 2.24) is 9.59 Å². The van der Waals surface area contributed by atoms with Crippen LogP contribution in [0, 0.1) is 11.8 Å². The van der Waals surface area contributed by atoms with Crippen LogP contribution in [0.4, 0.5) is 5.69 Å². The third kappa shape index (κ3) is 3.78. The zero-order valence-corrected chi connectivity index (χ0v) is 11.8. The van der Waals surface area contributed by atoms with E-state index in [2.05, 4.69) is 26.7 Å². The number of halogens is 1. The predicted molar refractivity (Wildman–Crippen MR) is 77.9 cm³/mol. The fourth-order valence-corrected chi connectivity index (χ4v) is 1.98. The van der Waals surface area contributed by atoms with Gasteiger partial charge in [-0.1, -0.05) is 27.9 Å². The lowest BCUT2D eigenvalue weighted by Gasteiger charge is -2.06. The normalized spacial score (nSPS) is 9.70. The molecule has 2 aromatic rings. The van der Waals surface area contributed by atoms with Crippen molar-refractivity contribution in [1.29, 1.82) is 0 Å². The smallest absolute Gasteiger partial charge is 0.269 e. The van der Waals surface area contributed by atoms with Gasteiger partial charge in [0.25, 0.3) is 5.91 Å². The number of aliphatic hydroxyl groups is 1. The molecule has 0 radical (unpaired) electrons. The van der Waals surface area contributed by atoms with Crippen LogP contribution in [-0.4, -0.2) is 27.2 Å². The molecule has 2 N–H and O–H groups in total. The molecule has 0 bridgehead atoms. The predicted octanol–water partition coefficient (Wildman–Crippen LogP) is 2.18. The maximum atomic E-state index is 12.0. The summed E-state index contributed by atoms with van der Waals surface area (Å²) in [6.07, 6.45) is 1.76. The molecule has 20 heavy (non-hydrogen) atoms. The van der Waals surface area contributed by atoms with Gasteiger partial charge in [0.1, 0.15) is 4.88 Å². The van der Waals surface area contributed by atoms with Gasteiger partial charge in [0.2, 0.25) is 0 Å². The summed E-state index contributed by atoms with van der Waals surface area (Å²) in [4.78, 5) is 12.4. The Morgan fingerprint density at radius 2 is 2.35 bits per heavy atom. The van der Waals surface area contributed by atoms with E-state index in [4.69, 9.17) is 16.7 Å². The first kappa shape index (κ1) is 14.5. The number of carbonyl (C=O) groups excluding carboxylic acids is 1. The van der Waals surface area contributed by atoms with E-state index in [9.17, 15) is 4.79 Å². The van der Waals surface area contributed by atoms with Crippen molar-refractivity contribution < 1.29 is 9.90 Å². The van der Waals surface area contributed by atoms with Crippen LogP contribution in [0.1, 0.15) is 21.7 Å². The summed E-state index contributed by atoms with van der Waals surface area (Å²) < 4.78 is 3.63. The number of hydrogen-bond donors (Lipinski definition) is 2. The Kier molecular flexibility index (Phi) is 5.07. The minimum atomic E-state index is -0.313. The largest absolute Gasteiger partial charge is 0.395 e. The average molecular weight is 308 g/mol. The highest BCUT2D eigenvalue weighted by Crippen LogP contribution is 2.21. The third-order valence-electron chi connectivity index (χ3n) is 2.27. The standard InChI is InChI=1S/C13H10ClN3O2S/c14-10-5-4-9(3-1-2-6-18)11(7-10)16-13(19)12-8-15-17-20-12/h4-5,7-8,18H,2,6H2,(H,16,19). The Bertz CT molecular complexity index is 662. The monoisotopic (exact) mass is 307 g/mol. The molecular weight excluding hydrogens is 298 g/mol. The highest BCUT2D eigenvalue weighted by atomic mass is 35.5. The van der Waals surface area contributed by atoms with Crippen LogP contribution in [0.2, 0.25) is 5.02 Å². The van der Waals surface area contributed by atoms with E-state index in [-0.39, 0.29) is 12.5 Å². The van der Waals surface area contributed by atoms with Gasteiger partial charge in [-0.25, -0.2) is 0 Å². The molecule has 7 heteroatoms. The first-order chi connectivity index (χ1) is 9.70. The van der Waals surface area contributed by atoms with E-state index >= 15 is 0 Å². The quantitative estimate of drug-likeness (QED) is 0.852. The minimum Gasteiger partial charge on any atom is -0.395 e. The number of nitrogens with zero attached hydrogens (tertiary/aromatic N) is 2. The van der Waals surface area contributed by atoms with Gasteiger partial charge in [-0.3, -0.25) is 4.79 Å². The molecule has 1 amide bonds. The van der Waals surface area contributed by atoms with Crippen LogP contribution in [-0.2, 0) is 0 Å². The first-order valence-corrected chi connectivity index (χ1v) is 6.84. The van der Waals surface area contributed by atoms with Crippen molar-refractivity contribution in [2.24, 2.45) is 0 Å². The summed E-state index contributed by atoms with van der Waals surface area (Å²) in [5.41, 5.74) is 1.15. The second kappa shape index (κ2) is 7.01. The van der Waals surface area contributed by atoms with E-state index in [0.717, 1.165) is 11.5 Å². The van der Waals surface area contributed by atoms with E-state index < -0.39 is 0 Å². The summed E-state index contributed by atoms with van der Waals surface area (Å²) >= 11 is 6.93. The number of nitrogens with one attached hydrogen (secondary N) is 1. The number of aromatic nitrogens is 2. The van der Waals surface area contributed by atoms with Crippen molar-refractivity contribution in [2.45, 2.75) is 6.42 Å². The van der Waals surface area contributed by atoms with Gasteiger partial charge in [0, 0.05) is 17.0 Å². The van der Waals surface area contributed by atoms with Crippen molar-refractivity contribution >= 4 is 34.7 Å². The maximum Gasteiger partial charge on any atom is 0.269 e. The van der Waals surface area contributed by atoms with Gasteiger partial charge >= 0.3 is 0 Å². The molecule has 1 aromatic carbocycles. The molecule has 2 rings (SSSR count). The number of hydrogen-bond acceptors (Lipinski definition) is 5. The van der Waals surface area contributed by atoms with Gasteiger partial charge in [-0.05, 0) is 29.7 Å². The second-order valence-corrected chi connectivity index (χ2v) is 4.92. The molecule has 1 aromatic heterocycles. The van der Waals surface area contributed by atoms with Gasteiger partial charge in [-0.15, -0.1) is 5.10 Å². The number of carbonyl (C=O) groups is 1. The van der Waals surface area contributed by atoms with E-state index in [1.54, 1.807) is 18.2 Å². The third-order valence-corrected chi connectivity index (χ3v) is 3.17. The molecule has 0 aliphatic rings. The second-order valence-electron chi connectivity index (χ2n) is 3.70. The van der Waals surface area contributed by atoms with Crippen molar-refractivity contribution in [2.75, 3.05) is 11.9 Å². The number of amides is 1. The van der Waals surface area contributed by atoms with Gasteiger partial charge in [0.05, 0.1) is 18.5 Å². The zero-order valence-electron chi connectivity index (χ0n) is 10.3. The average Bonchev–Trinajstić information content (AvgIpc) is 2.95. The van der Waals surface area contributed by atoms with Gasteiger partial charge < -0.3 is 10.4 Å². The Labute approximate surface area is 124 Å². The number of benzene rings is 1. The van der Waals surface area contributed by atoms with Crippen molar-refractivity contribution in [3.63, 3.8) is 0 Å². The molecule has 0 spiro atoms. The van der Waals surface area contributed by atoms with Crippen molar-refractivity contribution in [3.05, 3.63) is 39.9 Å². The molecule has 0 aliphatic carbocycles. The maximum absolute atomic E-state index is 12.0. The molecule has 0 atom stereocenters. The lowest BCUT2D eigenvalue weighted by molar-refractivity contribution is 0.103. The van der Waals surface area contributed by atoms with Gasteiger partial charge in [-0.2, -0.15) is 0 Å². The molecular formula is C13H10ClN3O2S. The Hall–Kier alpha value is -1.94. The molecule has 102 valence electrons. The molecule has 0 aliphatic heterocycles. The minimum absolute atomic E-state index is 0.00514. The Balaban J connectivity index is 2.24. The number of rotatable bonds is 3. The SMILES string of the molecule is O=C(Nc1cc(Cl)ccc1C#CCCO)c1cnns1. The molecule has 5 nitrogen and oxygen atoms in total. The highest BCUT2D eigenvalue weighted by Gasteiger charge is 2.11. The first-order valence-electron chi connectivity index (χ1n) is 5.68. The zero-order chi connectivity index (χ0) is 14.4. The van der Waals surface area contributed by atoms with E-state index in [1.165, 1.54) is 6.20 Å². The molecule has 0 unspecified atom stereocenters. The summed E-state index contributed by atoms with van der Waals surface area (Å²) in [7, 11) is 0. The molecule has 0 fully saturated rings. The fraction of sp³-hybridized carbons (Fsp3) is 0.154. The molecule has 0 saturated carbocycles. The number of anilines is 1. The van der Waals surface area contributed by atoms with Crippen LogP contribution in [0.5, 0.6) is 0 Å². The highest BCUT2D eigenvalue weighted by molar-refractivity contribution is 7.07. The summed E-state index contributed by atoms with van der Waals surface area (Å²) in [6, 6.07) is 5.03. The lowest BCUT2D eigenvalue weighted by atomic mass is 10.1. The fourth-order valence-electron chi connectivity index (χ4n) is 1.39. The Morgan fingerprint density at radius 3 is 3.05 bits per heavy atom. The number of aliphatic hydroxyl groups excluding tert-OH is 1. The summed E-state index contributed by atoms with van der Waals surface area (Å²) in [6.45, 7) is -0.00514. The lowest BCUT2D eigenvalue weighted by Crippen LogP contribution is -2.11. The van der Waals surface area contributed by atoms with E-state index in [1.807, 2.05) is 0 Å². The summed E-state index contributed by atoms with van der Waals surface area (Å²) in [5.74, 6) is 5.37. The topological polar surface area (TPSA) is 75.1 Å². The molecule has 1 heterocycles. The van der Waals surface area contributed by atoms with Crippen LogP contribution in [0.25, 0.3) is 0 Å². The van der Waals surface area contributed by atoms with Crippen molar-refractivity contribution in [3.8, 4) is 11.8 Å². The van der Waals surface area contributed by atoms with Gasteiger partial charge in [0.15, 0.2) is 0 Å². The van der Waals surface area contributed by atoms with E-state index in [0.29, 0.717) is 27.6 Å². The van der Waals surface area contributed by atoms with Crippen LogP contribution in [0.3, 0.4) is 0 Å². The summed E-state index contributed by atoms with van der Waals surface area (Å²) in [5, 5.41) is 15.6. The molecule has 0 saturated heterocycles.